The first-order chi connectivity index (χ1) is 6.38. The van der Waals surface area contributed by atoms with Crippen LogP contribution in [0.25, 0.3) is 0 Å². The van der Waals surface area contributed by atoms with Crippen molar-refractivity contribution in [2.75, 3.05) is 6.26 Å². The van der Waals surface area contributed by atoms with Crippen LogP contribution in [-0.2, 0) is 6.54 Å². The molecule has 2 aromatic rings. The number of nitrogens with zero attached hydrogens (tertiary/aromatic N) is 3. The van der Waals surface area contributed by atoms with E-state index in [-0.39, 0.29) is 0 Å². The van der Waals surface area contributed by atoms with Crippen LogP contribution in [0.5, 0.6) is 0 Å². The SMILES string of the molecule is CSc1cnn(Cc2cocn2)c1. The van der Waals surface area contributed by atoms with Gasteiger partial charge in [-0.05, 0) is 6.26 Å². The zero-order valence-corrected chi connectivity index (χ0v) is 7.99. The lowest BCUT2D eigenvalue weighted by molar-refractivity contribution is 0.554. The molecule has 0 aromatic carbocycles. The Morgan fingerprint density at radius 1 is 1.62 bits per heavy atom. The molecule has 0 radical (unpaired) electrons. The van der Waals surface area contributed by atoms with Gasteiger partial charge in [-0.25, -0.2) is 4.98 Å². The fraction of sp³-hybridized carbons (Fsp3) is 0.250. The molecule has 2 heterocycles. The van der Waals surface area contributed by atoms with E-state index in [1.165, 1.54) is 6.39 Å². The lowest BCUT2D eigenvalue weighted by Crippen LogP contribution is -1.99. The fourth-order valence-electron chi connectivity index (χ4n) is 1.02. The van der Waals surface area contributed by atoms with Crippen molar-refractivity contribution in [2.24, 2.45) is 0 Å². The molecule has 0 aliphatic carbocycles. The summed E-state index contributed by atoms with van der Waals surface area (Å²) in [5.41, 5.74) is 0.885. The first-order valence-corrected chi connectivity index (χ1v) is 5.04. The summed E-state index contributed by atoms with van der Waals surface area (Å²) in [7, 11) is 0. The van der Waals surface area contributed by atoms with Gasteiger partial charge in [0.05, 0.1) is 12.7 Å². The zero-order valence-electron chi connectivity index (χ0n) is 7.17. The largest absolute Gasteiger partial charge is 0.451 e. The second kappa shape index (κ2) is 3.66. The molecule has 0 aliphatic rings. The van der Waals surface area contributed by atoms with Crippen molar-refractivity contribution in [2.45, 2.75) is 11.4 Å². The number of hydrogen-bond donors (Lipinski definition) is 0. The molecule has 68 valence electrons. The predicted molar refractivity (Wildman–Crippen MR) is 49.6 cm³/mol. The van der Waals surface area contributed by atoms with E-state index < -0.39 is 0 Å². The molecule has 0 fully saturated rings. The molecule has 2 rings (SSSR count). The first kappa shape index (κ1) is 8.37. The van der Waals surface area contributed by atoms with Gasteiger partial charge in [0.2, 0.25) is 0 Å². The monoisotopic (exact) mass is 195 g/mol. The molecule has 0 bridgehead atoms. The van der Waals surface area contributed by atoms with E-state index in [4.69, 9.17) is 4.42 Å². The molecule has 0 N–H and O–H groups in total. The molecular weight excluding hydrogens is 186 g/mol. The highest BCUT2D eigenvalue weighted by atomic mass is 32.2. The summed E-state index contributed by atoms with van der Waals surface area (Å²) < 4.78 is 6.70. The molecule has 13 heavy (non-hydrogen) atoms. The number of aromatic nitrogens is 3. The van der Waals surface area contributed by atoms with Crippen LogP contribution in [0, 0.1) is 0 Å². The molecule has 0 saturated carbocycles. The topological polar surface area (TPSA) is 43.9 Å². The van der Waals surface area contributed by atoms with E-state index in [2.05, 4.69) is 10.1 Å². The number of rotatable bonds is 3. The molecule has 0 atom stereocenters. The lowest BCUT2D eigenvalue weighted by atomic mass is 10.5. The smallest absolute Gasteiger partial charge is 0.180 e. The van der Waals surface area contributed by atoms with Crippen molar-refractivity contribution in [3.8, 4) is 0 Å². The summed E-state index contributed by atoms with van der Waals surface area (Å²) >= 11 is 1.68. The molecule has 0 aliphatic heterocycles. The summed E-state index contributed by atoms with van der Waals surface area (Å²) in [5, 5.41) is 4.18. The average Bonchev–Trinajstić information content (AvgIpc) is 2.76. The molecule has 0 saturated heterocycles. The van der Waals surface area contributed by atoms with Crippen LogP contribution in [0.3, 0.4) is 0 Å². The maximum Gasteiger partial charge on any atom is 0.180 e. The highest BCUT2D eigenvalue weighted by molar-refractivity contribution is 7.98. The summed E-state index contributed by atoms with van der Waals surface area (Å²) in [4.78, 5) is 5.17. The zero-order chi connectivity index (χ0) is 9.10. The van der Waals surface area contributed by atoms with E-state index in [1.807, 2.05) is 23.3 Å². The van der Waals surface area contributed by atoms with Crippen molar-refractivity contribution in [3.63, 3.8) is 0 Å². The Morgan fingerprint density at radius 3 is 3.15 bits per heavy atom. The van der Waals surface area contributed by atoms with Crippen LogP contribution in [0.15, 0.2) is 34.4 Å². The van der Waals surface area contributed by atoms with Gasteiger partial charge >= 0.3 is 0 Å². The Labute approximate surface area is 80.0 Å². The van der Waals surface area contributed by atoms with E-state index >= 15 is 0 Å². The third-order valence-corrected chi connectivity index (χ3v) is 2.33. The Morgan fingerprint density at radius 2 is 2.54 bits per heavy atom. The molecule has 5 heteroatoms. The minimum Gasteiger partial charge on any atom is -0.451 e. The lowest BCUT2D eigenvalue weighted by Gasteiger charge is -1.94. The minimum atomic E-state index is 0.664. The van der Waals surface area contributed by atoms with Crippen LogP contribution in [0.2, 0.25) is 0 Å². The van der Waals surface area contributed by atoms with E-state index in [1.54, 1.807) is 18.0 Å². The minimum absolute atomic E-state index is 0.664. The highest BCUT2D eigenvalue weighted by Gasteiger charge is 1.99. The van der Waals surface area contributed by atoms with Crippen molar-refractivity contribution in [1.82, 2.24) is 14.8 Å². The summed E-state index contributed by atoms with van der Waals surface area (Å²) in [6.07, 6.45) is 8.90. The second-order valence-electron chi connectivity index (χ2n) is 2.56. The Balaban J connectivity index is 2.10. The van der Waals surface area contributed by atoms with Crippen LogP contribution < -0.4 is 0 Å². The van der Waals surface area contributed by atoms with Crippen molar-refractivity contribution < 1.29 is 4.42 Å². The Bertz CT molecular complexity index is 368. The molecule has 4 nitrogen and oxygen atoms in total. The van der Waals surface area contributed by atoms with E-state index in [9.17, 15) is 0 Å². The van der Waals surface area contributed by atoms with E-state index in [0.717, 1.165) is 10.6 Å². The highest BCUT2D eigenvalue weighted by Crippen LogP contribution is 2.12. The van der Waals surface area contributed by atoms with Crippen LogP contribution in [0.4, 0.5) is 0 Å². The first-order valence-electron chi connectivity index (χ1n) is 3.82. The maximum atomic E-state index is 4.86. The Hall–Kier alpha value is -1.23. The molecule has 0 amide bonds. The number of thioether (sulfide) groups is 1. The van der Waals surface area contributed by atoms with Crippen LogP contribution in [0.1, 0.15) is 5.69 Å². The third-order valence-electron chi connectivity index (χ3n) is 1.65. The van der Waals surface area contributed by atoms with Gasteiger partial charge in [0.25, 0.3) is 0 Å². The molecule has 2 aromatic heterocycles. The third kappa shape index (κ3) is 1.92. The van der Waals surface area contributed by atoms with Gasteiger partial charge in [-0.2, -0.15) is 5.10 Å². The van der Waals surface area contributed by atoms with E-state index in [0.29, 0.717) is 6.54 Å². The van der Waals surface area contributed by atoms with Gasteiger partial charge in [0, 0.05) is 11.1 Å². The summed E-state index contributed by atoms with van der Waals surface area (Å²) in [6, 6.07) is 0. The standard InChI is InChI=1S/C8H9N3OS/c1-13-8-2-10-11(4-8)3-7-5-12-6-9-7/h2,4-6H,3H2,1H3. The van der Waals surface area contributed by atoms with Gasteiger partial charge in [-0.3, -0.25) is 4.68 Å². The number of oxazole rings is 1. The van der Waals surface area contributed by atoms with Gasteiger partial charge in [-0.15, -0.1) is 11.8 Å². The maximum absolute atomic E-state index is 4.86. The van der Waals surface area contributed by atoms with Gasteiger partial charge in [-0.1, -0.05) is 0 Å². The fourth-order valence-corrected chi connectivity index (χ4v) is 1.40. The van der Waals surface area contributed by atoms with Crippen LogP contribution in [-0.4, -0.2) is 21.0 Å². The molecule has 0 unspecified atom stereocenters. The summed E-state index contributed by atoms with van der Waals surface area (Å²) in [5.74, 6) is 0. The van der Waals surface area contributed by atoms with Gasteiger partial charge < -0.3 is 4.42 Å². The normalized spacial score (nSPS) is 10.5. The average molecular weight is 195 g/mol. The Kier molecular flexibility index (Phi) is 2.35. The van der Waals surface area contributed by atoms with Gasteiger partial charge in [0.15, 0.2) is 6.39 Å². The van der Waals surface area contributed by atoms with Crippen LogP contribution >= 0.6 is 11.8 Å². The van der Waals surface area contributed by atoms with Gasteiger partial charge in [0.1, 0.15) is 12.0 Å². The predicted octanol–water partition coefficient (Wildman–Crippen LogP) is 1.64. The quantitative estimate of drug-likeness (QED) is 0.698. The summed E-state index contributed by atoms with van der Waals surface area (Å²) in [6.45, 7) is 0.664. The van der Waals surface area contributed by atoms with Crippen molar-refractivity contribution >= 4 is 11.8 Å². The second-order valence-corrected chi connectivity index (χ2v) is 3.44. The molecule has 0 spiro atoms. The van der Waals surface area contributed by atoms with Crippen molar-refractivity contribution in [1.29, 1.82) is 0 Å². The molecular formula is C8H9N3OS. The van der Waals surface area contributed by atoms with Crippen molar-refractivity contribution in [3.05, 3.63) is 30.7 Å². The number of hydrogen-bond acceptors (Lipinski definition) is 4.